The third kappa shape index (κ3) is 3.82. The van der Waals surface area contributed by atoms with Crippen LogP contribution in [-0.2, 0) is 9.53 Å². The Morgan fingerprint density at radius 1 is 1.47 bits per heavy atom. The van der Waals surface area contributed by atoms with E-state index in [1.807, 2.05) is 45.0 Å². The van der Waals surface area contributed by atoms with E-state index in [0.29, 0.717) is 0 Å². The molecular weight excluding hydrogens is 282 g/mol. The van der Waals surface area contributed by atoms with Crippen molar-refractivity contribution in [3.05, 3.63) is 34.3 Å². The monoisotopic (exact) mass is 299 g/mol. The zero-order chi connectivity index (χ0) is 13.1. The minimum Gasteiger partial charge on any atom is -0.468 e. The average Bonchev–Trinajstić information content (AvgIpc) is 2.27. The molecule has 1 atom stereocenters. The van der Waals surface area contributed by atoms with Crippen molar-refractivity contribution in [1.82, 2.24) is 5.32 Å². The van der Waals surface area contributed by atoms with Gasteiger partial charge in [0.1, 0.15) is 5.54 Å². The number of methoxy groups -OCH3 is 1. The zero-order valence-electron chi connectivity index (χ0n) is 10.6. The maximum absolute atomic E-state index is 11.6. The highest BCUT2D eigenvalue weighted by atomic mass is 79.9. The van der Waals surface area contributed by atoms with Crippen molar-refractivity contribution in [3.8, 4) is 0 Å². The molecule has 0 aromatic heterocycles. The number of hydrogen-bond donors (Lipinski definition) is 1. The van der Waals surface area contributed by atoms with Gasteiger partial charge >= 0.3 is 5.97 Å². The smallest absolute Gasteiger partial charge is 0.325 e. The van der Waals surface area contributed by atoms with Crippen molar-refractivity contribution >= 4 is 21.9 Å². The molecule has 0 saturated carbocycles. The molecule has 0 radical (unpaired) electrons. The van der Waals surface area contributed by atoms with E-state index in [0.717, 1.165) is 10.0 Å². The number of hydrogen-bond acceptors (Lipinski definition) is 3. The summed E-state index contributed by atoms with van der Waals surface area (Å²) in [4.78, 5) is 11.6. The Kier molecular flexibility index (Phi) is 4.71. The Balaban J connectivity index is 2.79. The first-order valence-electron chi connectivity index (χ1n) is 5.48. The van der Waals surface area contributed by atoms with Crippen LogP contribution in [0.3, 0.4) is 0 Å². The second kappa shape index (κ2) is 5.65. The number of benzene rings is 1. The number of carbonyl (C=O) groups excluding carboxylic acids is 1. The van der Waals surface area contributed by atoms with Gasteiger partial charge in [0.2, 0.25) is 0 Å². The standard InChI is InChI=1S/C13H18BrNO2/c1-9(10-6-5-7-11(14)8-10)15-13(2,3)12(16)17-4/h5-9,15H,1-4H3. The SMILES string of the molecule is COC(=O)C(C)(C)NC(C)c1cccc(Br)c1. The summed E-state index contributed by atoms with van der Waals surface area (Å²) in [5, 5.41) is 3.26. The molecule has 1 N–H and O–H groups in total. The van der Waals surface area contributed by atoms with Crippen molar-refractivity contribution in [2.24, 2.45) is 0 Å². The molecule has 0 bridgehead atoms. The Morgan fingerprint density at radius 3 is 2.65 bits per heavy atom. The van der Waals surface area contributed by atoms with Gasteiger partial charge in [0.15, 0.2) is 0 Å². The van der Waals surface area contributed by atoms with Crippen LogP contribution in [0.1, 0.15) is 32.4 Å². The summed E-state index contributed by atoms with van der Waals surface area (Å²) in [5.41, 5.74) is 0.424. The summed E-state index contributed by atoms with van der Waals surface area (Å²) in [5.74, 6) is -0.264. The fourth-order valence-corrected chi connectivity index (χ4v) is 2.13. The molecule has 0 spiro atoms. The third-order valence-corrected chi connectivity index (χ3v) is 3.11. The van der Waals surface area contributed by atoms with E-state index in [4.69, 9.17) is 4.74 Å². The molecule has 0 amide bonds. The van der Waals surface area contributed by atoms with Crippen LogP contribution < -0.4 is 5.32 Å². The first kappa shape index (κ1) is 14.2. The van der Waals surface area contributed by atoms with Gasteiger partial charge < -0.3 is 4.74 Å². The minimum absolute atomic E-state index is 0.0709. The summed E-state index contributed by atoms with van der Waals surface area (Å²) in [6.45, 7) is 5.65. The number of ether oxygens (including phenoxy) is 1. The molecule has 1 unspecified atom stereocenters. The van der Waals surface area contributed by atoms with E-state index < -0.39 is 5.54 Å². The Labute approximate surface area is 111 Å². The lowest BCUT2D eigenvalue weighted by Crippen LogP contribution is -2.48. The van der Waals surface area contributed by atoms with Crippen LogP contribution in [-0.4, -0.2) is 18.6 Å². The summed E-state index contributed by atoms with van der Waals surface area (Å²) >= 11 is 3.43. The van der Waals surface area contributed by atoms with E-state index >= 15 is 0 Å². The molecule has 0 fully saturated rings. The molecule has 0 aliphatic rings. The molecule has 3 nitrogen and oxygen atoms in total. The molecule has 0 aliphatic carbocycles. The van der Waals surface area contributed by atoms with Crippen LogP contribution in [0.4, 0.5) is 0 Å². The van der Waals surface area contributed by atoms with Gasteiger partial charge in [-0.3, -0.25) is 10.1 Å². The number of rotatable bonds is 4. The van der Waals surface area contributed by atoms with Crippen molar-refractivity contribution in [3.63, 3.8) is 0 Å². The quantitative estimate of drug-likeness (QED) is 0.869. The van der Waals surface area contributed by atoms with E-state index in [1.54, 1.807) is 0 Å². The maximum atomic E-state index is 11.6. The van der Waals surface area contributed by atoms with Gasteiger partial charge in [0.05, 0.1) is 7.11 Å². The van der Waals surface area contributed by atoms with Gasteiger partial charge in [0.25, 0.3) is 0 Å². The van der Waals surface area contributed by atoms with Crippen molar-refractivity contribution in [2.75, 3.05) is 7.11 Å². The molecule has 1 rings (SSSR count). The van der Waals surface area contributed by atoms with Crippen molar-refractivity contribution < 1.29 is 9.53 Å². The lowest BCUT2D eigenvalue weighted by molar-refractivity contribution is -0.147. The maximum Gasteiger partial charge on any atom is 0.325 e. The average molecular weight is 300 g/mol. The molecule has 0 saturated heterocycles. The fourth-order valence-electron chi connectivity index (χ4n) is 1.71. The molecule has 94 valence electrons. The predicted octanol–water partition coefficient (Wildman–Crippen LogP) is 3.05. The van der Waals surface area contributed by atoms with Gasteiger partial charge in [-0.1, -0.05) is 28.1 Å². The van der Waals surface area contributed by atoms with Crippen LogP contribution in [0.15, 0.2) is 28.7 Å². The number of esters is 1. The number of nitrogens with one attached hydrogen (secondary N) is 1. The second-order valence-electron chi connectivity index (χ2n) is 4.54. The van der Waals surface area contributed by atoms with Gasteiger partial charge in [-0.25, -0.2) is 0 Å². The molecular formula is C13H18BrNO2. The van der Waals surface area contributed by atoms with Gasteiger partial charge in [-0.2, -0.15) is 0 Å². The van der Waals surface area contributed by atoms with Crippen LogP contribution in [0.25, 0.3) is 0 Å². The van der Waals surface area contributed by atoms with Gasteiger partial charge in [-0.05, 0) is 38.5 Å². The molecule has 1 aromatic rings. The zero-order valence-corrected chi connectivity index (χ0v) is 12.2. The van der Waals surface area contributed by atoms with Gasteiger partial charge in [-0.15, -0.1) is 0 Å². The molecule has 0 heterocycles. The summed E-state index contributed by atoms with van der Waals surface area (Å²) in [6, 6.07) is 8.08. The molecule has 4 heteroatoms. The Morgan fingerprint density at radius 2 is 2.12 bits per heavy atom. The predicted molar refractivity (Wildman–Crippen MR) is 71.8 cm³/mol. The minimum atomic E-state index is -0.698. The lowest BCUT2D eigenvalue weighted by atomic mass is 10.0. The fraction of sp³-hybridized carbons (Fsp3) is 0.462. The first-order chi connectivity index (χ1) is 7.86. The molecule has 1 aromatic carbocycles. The van der Waals surface area contributed by atoms with E-state index in [9.17, 15) is 4.79 Å². The Hall–Kier alpha value is -0.870. The van der Waals surface area contributed by atoms with Crippen LogP contribution in [0, 0.1) is 0 Å². The molecule has 17 heavy (non-hydrogen) atoms. The normalized spacial score (nSPS) is 13.2. The highest BCUT2D eigenvalue weighted by Crippen LogP contribution is 2.20. The van der Waals surface area contributed by atoms with E-state index in [-0.39, 0.29) is 12.0 Å². The van der Waals surface area contributed by atoms with Crippen molar-refractivity contribution in [1.29, 1.82) is 0 Å². The van der Waals surface area contributed by atoms with Crippen LogP contribution in [0.2, 0.25) is 0 Å². The van der Waals surface area contributed by atoms with Crippen molar-refractivity contribution in [2.45, 2.75) is 32.4 Å². The summed E-state index contributed by atoms with van der Waals surface area (Å²) in [7, 11) is 1.40. The lowest BCUT2D eigenvalue weighted by Gasteiger charge is -2.27. The third-order valence-electron chi connectivity index (χ3n) is 2.62. The highest BCUT2D eigenvalue weighted by molar-refractivity contribution is 9.10. The first-order valence-corrected chi connectivity index (χ1v) is 6.27. The number of carbonyl (C=O) groups is 1. The topological polar surface area (TPSA) is 38.3 Å². The number of halogens is 1. The Bertz CT molecular complexity index is 404. The largest absolute Gasteiger partial charge is 0.468 e. The van der Waals surface area contributed by atoms with Crippen LogP contribution >= 0.6 is 15.9 Å². The van der Waals surface area contributed by atoms with Crippen LogP contribution in [0.5, 0.6) is 0 Å². The van der Waals surface area contributed by atoms with E-state index in [1.165, 1.54) is 7.11 Å². The summed E-state index contributed by atoms with van der Waals surface area (Å²) < 4.78 is 5.79. The second-order valence-corrected chi connectivity index (χ2v) is 5.45. The van der Waals surface area contributed by atoms with E-state index in [2.05, 4.69) is 21.2 Å². The molecule has 0 aliphatic heterocycles. The highest BCUT2D eigenvalue weighted by Gasteiger charge is 2.30. The van der Waals surface area contributed by atoms with Gasteiger partial charge in [0, 0.05) is 10.5 Å². The summed E-state index contributed by atoms with van der Waals surface area (Å²) in [6.07, 6.45) is 0.